The minimum Gasteiger partial charge on any atom is -0.395 e. The number of carbonyl (C=O) groups excluding carboxylic acids is 1. The number of nitrogens with one attached hydrogen (secondary N) is 1. The largest absolute Gasteiger partial charge is 0.395 e. The summed E-state index contributed by atoms with van der Waals surface area (Å²) in [6.07, 6.45) is 1.65. The molecule has 0 atom stereocenters. The molecule has 0 aliphatic carbocycles. The first-order valence-corrected chi connectivity index (χ1v) is 5.00. The lowest BCUT2D eigenvalue weighted by atomic mass is 10.2. The van der Waals surface area contributed by atoms with E-state index in [-0.39, 0.29) is 19.1 Å². The maximum atomic E-state index is 10.2. The maximum absolute atomic E-state index is 10.2. The van der Waals surface area contributed by atoms with Crippen LogP contribution in [0.15, 0.2) is 12.2 Å². The van der Waals surface area contributed by atoms with E-state index in [1.807, 2.05) is 6.92 Å². The van der Waals surface area contributed by atoms with Gasteiger partial charge in [-0.3, -0.25) is 4.79 Å². The summed E-state index contributed by atoms with van der Waals surface area (Å²) in [5.41, 5.74) is 5.40. The monoisotopic (exact) mass is 218 g/mol. The number of nitrogens with two attached hydrogens (primary N) is 1. The van der Waals surface area contributed by atoms with E-state index in [2.05, 4.69) is 11.9 Å². The fourth-order valence-electron chi connectivity index (χ4n) is 0.708. The van der Waals surface area contributed by atoms with E-state index in [1.165, 1.54) is 0 Å². The summed E-state index contributed by atoms with van der Waals surface area (Å²) in [4.78, 5) is 10.2. The number of primary amides is 1. The summed E-state index contributed by atoms with van der Waals surface area (Å²) in [7, 11) is 0. The normalized spacial score (nSPS) is 9.00. The number of amides is 1. The molecule has 0 aliphatic heterocycles. The molecule has 0 saturated carbocycles. The molecule has 5 nitrogen and oxygen atoms in total. The van der Waals surface area contributed by atoms with Gasteiger partial charge in [0.15, 0.2) is 0 Å². The first kappa shape index (κ1) is 16.5. The molecular weight excluding hydrogens is 196 g/mol. The van der Waals surface area contributed by atoms with Gasteiger partial charge in [0, 0.05) is 18.7 Å². The van der Waals surface area contributed by atoms with Crippen molar-refractivity contribution >= 4 is 5.91 Å². The third-order valence-corrected chi connectivity index (χ3v) is 1.48. The van der Waals surface area contributed by atoms with Crippen LogP contribution in [0.3, 0.4) is 0 Å². The zero-order valence-electron chi connectivity index (χ0n) is 9.33. The second kappa shape index (κ2) is 13.1. The Morgan fingerprint density at radius 2 is 1.80 bits per heavy atom. The highest BCUT2D eigenvalue weighted by Crippen LogP contribution is 1.98. The van der Waals surface area contributed by atoms with Gasteiger partial charge in [-0.15, -0.1) is 0 Å². The van der Waals surface area contributed by atoms with Gasteiger partial charge in [0.2, 0.25) is 5.91 Å². The van der Waals surface area contributed by atoms with Gasteiger partial charge in [0.05, 0.1) is 13.2 Å². The van der Waals surface area contributed by atoms with Crippen molar-refractivity contribution in [2.75, 3.05) is 26.3 Å². The van der Waals surface area contributed by atoms with E-state index in [0.29, 0.717) is 18.7 Å². The van der Waals surface area contributed by atoms with Crippen LogP contribution in [-0.4, -0.2) is 42.4 Å². The van der Waals surface area contributed by atoms with Crippen LogP contribution in [0.5, 0.6) is 0 Å². The van der Waals surface area contributed by atoms with Crippen LogP contribution >= 0.6 is 0 Å². The first-order valence-electron chi connectivity index (χ1n) is 5.00. The minimum absolute atomic E-state index is 0.139. The van der Waals surface area contributed by atoms with Crippen molar-refractivity contribution in [1.82, 2.24) is 5.32 Å². The Hall–Kier alpha value is -0.910. The molecule has 5 heteroatoms. The molecule has 0 bridgehead atoms. The third kappa shape index (κ3) is 15.8. The van der Waals surface area contributed by atoms with Crippen LogP contribution < -0.4 is 11.1 Å². The van der Waals surface area contributed by atoms with Crippen molar-refractivity contribution in [3.63, 3.8) is 0 Å². The summed E-state index contributed by atoms with van der Waals surface area (Å²) in [5, 5.41) is 19.1. The molecule has 0 rings (SSSR count). The summed E-state index contributed by atoms with van der Waals surface area (Å²) in [6, 6.07) is 0. The fourth-order valence-corrected chi connectivity index (χ4v) is 0.708. The van der Waals surface area contributed by atoms with Crippen molar-refractivity contribution in [2.24, 2.45) is 5.73 Å². The Bertz CT molecular complexity index is 168. The second-order valence-corrected chi connectivity index (χ2v) is 2.92. The topological polar surface area (TPSA) is 95.6 Å². The lowest BCUT2D eigenvalue weighted by molar-refractivity contribution is -0.114. The molecule has 0 spiro atoms. The first-order chi connectivity index (χ1) is 7.09. The highest BCUT2D eigenvalue weighted by Gasteiger charge is 1.96. The molecule has 90 valence electrons. The summed E-state index contributed by atoms with van der Waals surface area (Å²) in [6.45, 7) is 6.87. The number of rotatable bonds is 7. The maximum Gasteiger partial charge on any atom is 0.244 e. The van der Waals surface area contributed by atoms with Gasteiger partial charge in [-0.2, -0.15) is 0 Å². The molecule has 1 amide bonds. The summed E-state index contributed by atoms with van der Waals surface area (Å²) < 4.78 is 0. The van der Waals surface area contributed by atoms with Crippen molar-refractivity contribution in [1.29, 1.82) is 0 Å². The molecule has 0 aromatic carbocycles. The molecule has 0 unspecified atom stereocenters. The molecule has 0 heterocycles. The zero-order valence-corrected chi connectivity index (χ0v) is 9.33. The van der Waals surface area contributed by atoms with Crippen LogP contribution in [0, 0.1) is 0 Å². The van der Waals surface area contributed by atoms with E-state index in [1.54, 1.807) is 0 Å². The highest BCUT2D eigenvalue weighted by atomic mass is 16.3. The van der Waals surface area contributed by atoms with Crippen LogP contribution in [0.25, 0.3) is 0 Å². The summed E-state index contributed by atoms with van der Waals surface area (Å²) in [5.74, 6) is -0.383. The SMILES string of the molecule is C=C(CCC)C(N)=O.OCCNCCO. The van der Waals surface area contributed by atoms with Gasteiger partial charge in [0.1, 0.15) is 0 Å². The van der Waals surface area contributed by atoms with Gasteiger partial charge in [0.25, 0.3) is 0 Å². The van der Waals surface area contributed by atoms with Gasteiger partial charge in [-0.1, -0.05) is 19.9 Å². The highest BCUT2D eigenvalue weighted by molar-refractivity contribution is 5.91. The average molecular weight is 218 g/mol. The van der Waals surface area contributed by atoms with E-state index in [0.717, 1.165) is 12.8 Å². The smallest absolute Gasteiger partial charge is 0.244 e. The van der Waals surface area contributed by atoms with E-state index >= 15 is 0 Å². The quantitative estimate of drug-likeness (QED) is 0.338. The van der Waals surface area contributed by atoms with Crippen molar-refractivity contribution < 1.29 is 15.0 Å². The van der Waals surface area contributed by atoms with Crippen LogP contribution in [0.4, 0.5) is 0 Å². The van der Waals surface area contributed by atoms with Crippen molar-refractivity contribution in [2.45, 2.75) is 19.8 Å². The lowest BCUT2D eigenvalue weighted by Gasteiger charge is -1.94. The molecule has 15 heavy (non-hydrogen) atoms. The van der Waals surface area contributed by atoms with Crippen molar-refractivity contribution in [3.05, 3.63) is 12.2 Å². The van der Waals surface area contributed by atoms with Crippen LogP contribution in [0.2, 0.25) is 0 Å². The van der Waals surface area contributed by atoms with Crippen LogP contribution in [-0.2, 0) is 4.79 Å². The molecule has 0 aliphatic rings. The second-order valence-electron chi connectivity index (χ2n) is 2.92. The Kier molecular flexibility index (Phi) is 14.4. The zero-order chi connectivity index (χ0) is 12.1. The van der Waals surface area contributed by atoms with Gasteiger partial charge in [-0.05, 0) is 6.42 Å². The predicted octanol–water partition coefficient (Wildman–Crippen LogP) is -0.611. The third-order valence-electron chi connectivity index (χ3n) is 1.48. The Morgan fingerprint density at radius 3 is 2.00 bits per heavy atom. The lowest BCUT2D eigenvalue weighted by Crippen LogP contribution is -2.21. The number of hydrogen-bond acceptors (Lipinski definition) is 4. The molecule has 0 aromatic rings. The van der Waals surface area contributed by atoms with Crippen LogP contribution in [0.1, 0.15) is 19.8 Å². The molecule has 0 radical (unpaired) electrons. The number of aliphatic hydroxyl groups excluding tert-OH is 2. The van der Waals surface area contributed by atoms with E-state index in [9.17, 15) is 4.79 Å². The number of aliphatic hydroxyl groups is 2. The summed E-state index contributed by atoms with van der Waals surface area (Å²) >= 11 is 0. The minimum atomic E-state index is -0.383. The van der Waals surface area contributed by atoms with Gasteiger partial charge in [-0.25, -0.2) is 0 Å². The van der Waals surface area contributed by atoms with Gasteiger partial charge < -0.3 is 21.3 Å². The fraction of sp³-hybridized carbons (Fsp3) is 0.700. The average Bonchev–Trinajstić information content (AvgIpc) is 2.20. The molecule has 0 saturated heterocycles. The number of carbonyl (C=O) groups is 1. The molecule has 0 fully saturated rings. The Labute approximate surface area is 91.0 Å². The Balaban J connectivity index is 0. The van der Waals surface area contributed by atoms with Gasteiger partial charge >= 0.3 is 0 Å². The van der Waals surface area contributed by atoms with E-state index in [4.69, 9.17) is 15.9 Å². The molecule has 5 N–H and O–H groups in total. The van der Waals surface area contributed by atoms with E-state index < -0.39 is 0 Å². The Morgan fingerprint density at radius 1 is 1.33 bits per heavy atom. The molecular formula is C10H22N2O3. The number of hydrogen-bond donors (Lipinski definition) is 4. The van der Waals surface area contributed by atoms with Crippen molar-refractivity contribution in [3.8, 4) is 0 Å². The standard InChI is InChI=1S/C6H11NO.C4H11NO2/c1-3-4-5(2)6(7)8;6-3-1-5-2-4-7/h2-4H2,1H3,(H2,7,8);5-7H,1-4H2. The predicted molar refractivity (Wildman–Crippen MR) is 60.3 cm³/mol. The molecule has 0 aromatic heterocycles.